The van der Waals surface area contributed by atoms with Gasteiger partial charge in [-0.2, -0.15) is 0 Å². The van der Waals surface area contributed by atoms with E-state index in [2.05, 4.69) is 24.5 Å². The predicted molar refractivity (Wildman–Crippen MR) is 105 cm³/mol. The Kier molecular flexibility index (Phi) is 7.21. The molecule has 0 aliphatic rings. The van der Waals surface area contributed by atoms with Gasteiger partial charge in [0.05, 0.1) is 12.7 Å². The van der Waals surface area contributed by atoms with Crippen LogP contribution in [-0.4, -0.2) is 25.5 Å². The van der Waals surface area contributed by atoms with E-state index < -0.39 is 0 Å². The number of aryl methyl sites for hydroxylation is 2. The van der Waals surface area contributed by atoms with Gasteiger partial charge in [-0.3, -0.25) is 4.79 Å². The standard InChI is InChI=1S/C21H26N2O3/c1-4-15-8-6-9-16(5-2)20(15)23-19(24)12-13-22-18-11-7-10-17(14-18)21(25)26-3/h6-11,14,22H,4-5,12-13H2,1-3H3,(H,23,24). The molecule has 5 heteroatoms. The molecule has 0 aromatic heterocycles. The summed E-state index contributed by atoms with van der Waals surface area (Å²) in [6, 6.07) is 13.2. The molecule has 2 aromatic rings. The molecule has 2 N–H and O–H groups in total. The summed E-state index contributed by atoms with van der Waals surface area (Å²) in [5.74, 6) is -0.410. The van der Waals surface area contributed by atoms with Gasteiger partial charge >= 0.3 is 5.97 Å². The molecule has 138 valence electrons. The first-order valence-corrected chi connectivity index (χ1v) is 8.91. The molecule has 5 nitrogen and oxygen atoms in total. The first-order valence-electron chi connectivity index (χ1n) is 8.91. The molecule has 0 unspecified atom stereocenters. The lowest BCUT2D eigenvalue weighted by Gasteiger charge is -2.14. The summed E-state index contributed by atoms with van der Waals surface area (Å²) < 4.78 is 4.71. The van der Waals surface area contributed by atoms with Gasteiger partial charge in [0.25, 0.3) is 0 Å². The Morgan fingerprint density at radius 3 is 2.27 bits per heavy atom. The van der Waals surface area contributed by atoms with Crippen LogP contribution in [0.2, 0.25) is 0 Å². The van der Waals surface area contributed by atoms with Crippen molar-refractivity contribution < 1.29 is 14.3 Å². The van der Waals surface area contributed by atoms with Crippen LogP contribution in [0, 0.1) is 0 Å². The molecular weight excluding hydrogens is 328 g/mol. The number of amides is 1. The molecule has 26 heavy (non-hydrogen) atoms. The van der Waals surface area contributed by atoms with Gasteiger partial charge < -0.3 is 15.4 Å². The van der Waals surface area contributed by atoms with Crippen molar-refractivity contribution in [2.75, 3.05) is 24.3 Å². The number of rotatable bonds is 8. The molecule has 0 aliphatic heterocycles. The van der Waals surface area contributed by atoms with Gasteiger partial charge in [-0.1, -0.05) is 38.1 Å². The molecular formula is C21H26N2O3. The van der Waals surface area contributed by atoms with Crippen molar-refractivity contribution >= 4 is 23.3 Å². The Morgan fingerprint density at radius 1 is 1.00 bits per heavy atom. The maximum atomic E-state index is 12.3. The molecule has 2 aromatic carbocycles. The van der Waals surface area contributed by atoms with Crippen molar-refractivity contribution in [2.45, 2.75) is 33.1 Å². The summed E-state index contributed by atoms with van der Waals surface area (Å²) >= 11 is 0. The summed E-state index contributed by atoms with van der Waals surface area (Å²) in [5.41, 5.74) is 4.50. The molecule has 0 fully saturated rings. The van der Waals surface area contributed by atoms with Gasteiger partial charge in [-0.25, -0.2) is 4.79 Å². The summed E-state index contributed by atoms with van der Waals surface area (Å²) in [6.07, 6.45) is 2.09. The van der Waals surface area contributed by atoms with Gasteiger partial charge in [0, 0.05) is 24.3 Å². The second-order valence-corrected chi connectivity index (χ2v) is 5.96. The molecule has 0 saturated carbocycles. The Labute approximate surface area is 154 Å². The molecule has 0 saturated heterocycles. The van der Waals surface area contributed by atoms with Crippen LogP contribution >= 0.6 is 0 Å². The summed E-state index contributed by atoms with van der Waals surface area (Å²) in [4.78, 5) is 23.9. The number of anilines is 2. The first kappa shape index (κ1) is 19.5. The van der Waals surface area contributed by atoms with E-state index in [-0.39, 0.29) is 11.9 Å². The van der Waals surface area contributed by atoms with E-state index in [1.807, 2.05) is 24.3 Å². The smallest absolute Gasteiger partial charge is 0.337 e. The summed E-state index contributed by atoms with van der Waals surface area (Å²) in [6.45, 7) is 4.65. The van der Waals surface area contributed by atoms with Crippen LogP contribution in [-0.2, 0) is 22.4 Å². The van der Waals surface area contributed by atoms with Crippen LogP contribution in [0.25, 0.3) is 0 Å². The highest BCUT2D eigenvalue weighted by atomic mass is 16.5. The fourth-order valence-electron chi connectivity index (χ4n) is 2.80. The fourth-order valence-corrected chi connectivity index (χ4v) is 2.80. The molecule has 0 aliphatic carbocycles. The van der Waals surface area contributed by atoms with Crippen LogP contribution in [0.3, 0.4) is 0 Å². The zero-order valence-electron chi connectivity index (χ0n) is 15.6. The highest BCUT2D eigenvalue weighted by molar-refractivity contribution is 5.93. The Hall–Kier alpha value is -2.82. The van der Waals surface area contributed by atoms with Crippen LogP contribution < -0.4 is 10.6 Å². The molecule has 0 spiro atoms. The first-order chi connectivity index (χ1) is 12.6. The third-order valence-electron chi connectivity index (χ3n) is 4.23. The Morgan fingerprint density at radius 2 is 1.65 bits per heavy atom. The monoisotopic (exact) mass is 354 g/mol. The average molecular weight is 354 g/mol. The zero-order chi connectivity index (χ0) is 18.9. The molecule has 0 bridgehead atoms. The highest BCUT2D eigenvalue weighted by Gasteiger charge is 2.10. The lowest BCUT2D eigenvalue weighted by molar-refractivity contribution is -0.116. The van der Waals surface area contributed by atoms with Gasteiger partial charge in [-0.15, -0.1) is 0 Å². The summed E-state index contributed by atoms with van der Waals surface area (Å²) in [5, 5.41) is 6.22. The predicted octanol–water partition coefficient (Wildman–Crippen LogP) is 4.04. The zero-order valence-corrected chi connectivity index (χ0v) is 15.6. The minimum absolute atomic E-state index is 0.0303. The van der Waals surface area contributed by atoms with Crippen molar-refractivity contribution in [1.82, 2.24) is 0 Å². The fraction of sp³-hybridized carbons (Fsp3) is 0.333. The number of para-hydroxylation sites is 1. The largest absolute Gasteiger partial charge is 0.465 e. The number of hydrogen-bond acceptors (Lipinski definition) is 4. The lowest BCUT2D eigenvalue weighted by atomic mass is 10.0. The van der Waals surface area contributed by atoms with E-state index in [4.69, 9.17) is 4.74 Å². The average Bonchev–Trinajstić information content (AvgIpc) is 2.67. The van der Waals surface area contributed by atoms with E-state index >= 15 is 0 Å². The van der Waals surface area contributed by atoms with Crippen LogP contribution in [0.4, 0.5) is 11.4 Å². The number of nitrogens with one attached hydrogen (secondary N) is 2. The van der Waals surface area contributed by atoms with Crippen LogP contribution in [0.15, 0.2) is 42.5 Å². The van der Waals surface area contributed by atoms with Crippen molar-refractivity contribution in [3.05, 3.63) is 59.2 Å². The second kappa shape index (κ2) is 9.61. The number of methoxy groups -OCH3 is 1. The SMILES string of the molecule is CCc1cccc(CC)c1NC(=O)CCNc1cccc(C(=O)OC)c1. The van der Waals surface area contributed by atoms with Crippen molar-refractivity contribution in [3.8, 4) is 0 Å². The molecule has 0 atom stereocenters. The van der Waals surface area contributed by atoms with Crippen molar-refractivity contribution in [2.24, 2.45) is 0 Å². The topological polar surface area (TPSA) is 67.4 Å². The van der Waals surface area contributed by atoms with E-state index in [1.165, 1.54) is 7.11 Å². The minimum atomic E-state index is -0.380. The molecule has 0 heterocycles. The van der Waals surface area contributed by atoms with Crippen molar-refractivity contribution in [3.63, 3.8) is 0 Å². The highest BCUT2D eigenvalue weighted by Crippen LogP contribution is 2.22. The van der Waals surface area contributed by atoms with Crippen LogP contribution in [0.1, 0.15) is 41.8 Å². The Balaban J connectivity index is 1.93. The minimum Gasteiger partial charge on any atom is -0.465 e. The van der Waals surface area contributed by atoms with Gasteiger partial charge in [0.2, 0.25) is 5.91 Å². The maximum absolute atomic E-state index is 12.3. The number of carbonyl (C=O) groups excluding carboxylic acids is 2. The normalized spacial score (nSPS) is 10.3. The quantitative estimate of drug-likeness (QED) is 0.702. The van der Waals surface area contributed by atoms with Crippen LogP contribution in [0.5, 0.6) is 0 Å². The van der Waals surface area contributed by atoms with Crippen molar-refractivity contribution in [1.29, 1.82) is 0 Å². The van der Waals surface area contributed by atoms with E-state index in [9.17, 15) is 9.59 Å². The number of benzene rings is 2. The van der Waals surface area contributed by atoms with Gasteiger partial charge in [0.15, 0.2) is 0 Å². The lowest BCUT2D eigenvalue weighted by Crippen LogP contribution is -2.18. The molecule has 1 amide bonds. The maximum Gasteiger partial charge on any atom is 0.337 e. The number of hydrogen-bond donors (Lipinski definition) is 2. The third-order valence-corrected chi connectivity index (χ3v) is 4.23. The van der Waals surface area contributed by atoms with Gasteiger partial charge in [0.1, 0.15) is 0 Å². The third kappa shape index (κ3) is 5.09. The van der Waals surface area contributed by atoms with E-state index in [0.29, 0.717) is 18.5 Å². The molecule has 2 rings (SSSR count). The van der Waals surface area contributed by atoms with E-state index in [0.717, 1.165) is 35.3 Å². The molecule has 0 radical (unpaired) electrons. The number of ether oxygens (including phenoxy) is 1. The second-order valence-electron chi connectivity index (χ2n) is 5.96. The van der Waals surface area contributed by atoms with E-state index in [1.54, 1.807) is 18.2 Å². The number of esters is 1. The summed E-state index contributed by atoms with van der Waals surface area (Å²) in [7, 11) is 1.35. The Bertz CT molecular complexity index is 749. The number of carbonyl (C=O) groups is 2. The van der Waals surface area contributed by atoms with Gasteiger partial charge in [-0.05, 0) is 42.2 Å².